The van der Waals surface area contributed by atoms with E-state index in [2.05, 4.69) is 5.32 Å². The molecule has 0 aromatic rings. The molecule has 1 atom stereocenters. The predicted molar refractivity (Wildman–Crippen MR) is 63.1 cm³/mol. The van der Waals surface area contributed by atoms with Gasteiger partial charge in [0.05, 0.1) is 12.0 Å². The molecule has 1 unspecified atom stereocenters. The van der Waals surface area contributed by atoms with Crippen molar-refractivity contribution in [1.29, 1.82) is 0 Å². The van der Waals surface area contributed by atoms with Crippen molar-refractivity contribution >= 4 is 5.97 Å². The van der Waals surface area contributed by atoms with Gasteiger partial charge in [-0.3, -0.25) is 4.79 Å². The standard InChI is InChI=1S/C13H23NO2/c1-2-16-12(15)13(8-9-14-10-13)11-6-4-3-5-7-11/h11,14H,2-10H2,1H3. The molecule has 0 aromatic carbocycles. The Kier molecular flexibility index (Phi) is 3.85. The highest BCUT2D eigenvalue weighted by molar-refractivity contribution is 5.78. The summed E-state index contributed by atoms with van der Waals surface area (Å²) in [5, 5.41) is 3.35. The van der Waals surface area contributed by atoms with E-state index in [1.807, 2.05) is 6.92 Å². The Balaban J connectivity index is 2.10. The summed E-state index contributed by atoms with van der Waals surface area (Å²) in [4.78, 5) is 12.2. The normalized spacial score (nSPS) is 31.6. The van der Waals surface area contributed by atoms with Crippen LogP contribution in [0.3, 0.4) is 0 Å². The molecule has 1 aliphatic heterocycles. The van der Waals surface area contributed by atoms with Crippen LogP contribution in [0.5, 0.6) is 0 Å². The maximum atomic E-state index is 12.2. The first kappa shape index (κ1) is 11.9. The van der Waals surface area contributed by atoms with E-state index in [1.165, 1.54) is 32.1 Å². The first-order valence-corrected chi connectivity index (χ1v) is 6.67. The van der Waals surface area contributed by atoms with E-state index < -0.39 is 0 Å². The molecule has 92 valence electrons. The fraction of sp³-hybridized carbons (Fsp3) is 0.923. The van der Waals surface area contributed by atoms with Crippen LogP contribution >= 0.6 is 0 Å². The molecule has 0 bridgehead atoms. The highest BCUT2D eigenvalue weighted by Gasteiger charge is 2.48. The summed E-state index contributed by atoms with van der Waals surface area (Å²) in [6.45, 7) is 4.20. The van der Waals surface area contributed by atoms with Crippen molar-refractivity contribution in [2.45, 2.75) is 45.4 Å². The number of hydrogen-bond acceptors (Lipinski definition) is 3. The summed E-state index contributed by atoms with van der Waals surface area (Å²) >= 11 is 0. The number of ether oxygens (including phenoxy) is 1. The Bertz CT molecular complexity index is 240. The highest BCUT2D eigenvalue weighted by Crippen LogP contribution is 2.43. The van der Waals surface area contributed by atoms with Crippen LogP contribution in [-0.4, -0.2) is 25.7 Å². The first-order valence-electron chi connectivity index (χ1n) is 6.67. The molecule has 0 spiro atoms. The minimum absolute atomic E-state index is 0.0481. The molecule has 0 radical (unpaired) electrons. The second kappa shape index (κ2) is 5.17. The van der Waals surface area contributed by atoms with Crippen molar-refractivity contribution < 1.29 is 9.53 Å². The zero-order valence-corrected chi connectivity index (χ0v) is 10.3. The predicted octanol–water partition coefficient (Wildman–Crippen LogP) is 2.11. The highest BCUT2D eigenvalue weighted by atomic mass is 16.5. The Morgan fingerprint density at radius 2 is 2.12 bits per heavy atom. The largest absolute Gasteiger partial charge is 0.466 e. The number of hydrogen-bond donors (Lipinski definition) is 1. The summed E-state index contributed by atoms with van der Waals surface area (Å²) in [7, 11) is 0. The van der Waals surface area contributed by atoms with Crippen LogP contribution in [0.15, 0.2) is 0 Å². The van der Waals surface area contributed by atoms with Crippen LogP contribution in [0.4, 0.5) is 0 Å². The van der Waals surface area contributed by atoms with Gasteiger partial charge < -0.3 is 10.1 Å². The SMILES string of the molecule is CCOC(=O)C1(C2CCCCC2)CCNC1. The molecular formula is C13H23NO2. The molecule has 0 amide bonds. The summed E-state index contributed by atoms with van der Waals surface area (Å²) < 4.78 is 5.30. The van der Waals surface area contributed by atoms with Gasteiger partial charge in [-0.15, -0.1) is 0 Å². The van der Waals surface area contributed by atoms with Crippen molar-refractivity contribution in [3.8, 4) is 0 Å². The van der Waals surface area contributed by atoms with Gasteiger partial charge in [-0.1, -0.05) is 19.3 Å². The minimum Gasteiger partial charge on any atom is -0.466 e. The third kappa shape index (κ3) is 2.10. The van der Waals surface area contributed by atoms with Gasteiger partial charge in [-0.05, 0) is 38.6 Å². The maximum absolute atomic E-state index is 12.2. The molecule has 16 heavy (non-hydrogen) atoms. The lowest BCUT2D eigenvalue weighted by atomic mass is 9.68. The summed E-state index contributed by atoms with van der Waals surface area (Å²) in [6, 6.07) is 0. The smallest absolute Gasteiger partial charge is 0.313 e. The second-order valence-electron chi connectivity index (χ2n) is 5.14. The molecule has 1 saturated carbocycles. The van der Waals surface area contributed by atoms with E-state index >= 15 is 0 Å². The molecule has 1 aliphatic carbocycles. The van der Waals surface area contributed by atoms with Crippen molar-refractivity contribution in [2.24, 2.45) is 11.3 Å². The zero-order valence-electron chi connectivity index (χ0n) is 10.3. The third-order valence-electron chi connectivity index (χ3n) is 4.26. The average Bonchev–Trinajstić information content (AvgIpc) is 2.81. The number of carbonyl (C=O) groups is 1. The van der Waals surface area contributed by atoms with Gasteiger partial charge in [-0.25, -0.2) is 0 Å². The number of nitrogens with one attached hydrogen (secondary N) is 1. The monoisotopic (exact) mass is 225 g/mol. The molecular weight excluding hydrogens is 202 g/mol. The fourth-order valence-electron chi connectivity index (χ4n) is 3.33. The fourth-order valence-corrected chi connectivity index (χ4v) is 3.33. The van der Waals surface area contributed by atoms with Crippen molar-refractivity contribution in [1.82, 2.24) is 5.32 Å². The van der Waals surface area contributed by atoms with E-state index in [0.717, 1.165) is 19.5 Å². The van der Waals surface area contributed by atoms with Gasteiger partial charge in [0.1, 0.15) is 0 Å². The lowest BCUT2D eigenvalue weighted by Crippen LogP contribution is -2.42. The van der Waals surface area contributed by atoms with Gasteiger partial charge >= 0.3 is 5.97 Å². The Hall–Kier alpha value is -0.570. The van der Waals surface area contributed by atoms with Gasteiger partial charge in [0, 0.05) is 6.54 Å². The molecule has 1 saturated heterocycles. The lowest BCUT2D eigenvalue weighted by Gasteiger charge is -2.37. The molecule has 0 aromatic heterocycles. The van der Waals surface area contributed by atoms with Gasteiger partial charge in [0.2, 0.25) is 0 Å². The van der Waals surface area contributed by atoms with Gasteiger partial charge in [0.25, 0.3) is 0 Å². The van der Waals surface area contributed by atoms with Crippen LogP contribution in [-0.2, 0) is 9.53 Å². The minimum atomic E-state index is -0.198. The lowest BCUT2D eigenvalue weighted by molar-refractivity contribution is -0.158. The van der Waals surface area contributed by atoms with E-state index in [-0.39, 0.29) is 11.4 Å². The topological polar surface area (TPSA) is 38.3 Å². The Labute approximate surface area is 97.9 Å². The Morgan fingerprint density at radius 1 is 1.38 bits per heavy atom. The summed E-state index contributed by atoms with van der Waals surface area (Å²) in [5.41, 5.74) is -0.198. The van der Waals surface area contributed by atoms with E-state index in [0.29, 0.717) is 12.5 Å². The molecule has 2 aliphatic rings. The quantitative estimate of drug-likeness (QED) is 0.748. The molecule has 2 fully saturated rings. The molecule has 2 rings (SSSR count). The van der Waals surface area contributed by atoms with Crippen molar-refractivity contribution in [3.63, 3.8) is 0 Å². The van der Waals surface area contributed by atoms with E-state index in [9.17, 15) is 4.79 Å². The number of esters is 1. The molecule has 1 N–H and O–H groups in total. The van der Waals surface area contributed by atoms with Gasteiger partial charge in [0.15, 0.2) is 0 Å². The van der Waals surface area contributed by atoms with Crippen molar-refractivity contribution in [2.75, 3.05) is 19.7 Å². The van der Waals surface area contributed by atoms with E-state index in [1.54, 1.807) is 0 Å². The van der Waals surface area contributed by atoms with Crippen molar-refractivity contribution in [3.05, 3.63) is 0 Å². The van der Waals surface area contributed by atoms with Crippen LogP contribution in [0.2, 0.25) is 0 Å². The third-order valence-corrected chi connectivity index (χ3v) is 4.26. The molecule has 3 heteroatoms. The number of rotatable bonds is 3. The number of carbonyl (C=O) groups excluding carboxylic acids is 1. The Morgan fingerprint density at radius 3 is 2.69 bits per heavy atom. The summed E-state index contributed by atoms with van der Waals surface area (Å²) in [5.74, 6) is 0.599. The van der Waals surface area contributed by atoms with Gasteiger partial charge in [-0.2, -0.15) is 0 Å². The molecule has 1 heterocycles. The zero-order chi connectivity index (χ0) is 11.4. The van der Waals surface area contributed by atoms with Crippen LogP contribution in [0, 0.1) is 11.3 Å². The van der Waals surface area contributed by atoms with E-state index in [4.69, 9.17) is 4.74 Å². The first-order chi connectivity index (χ1) is 7.79. The molecule has 3 nitrogen and oxygen atoms in total. The van der Waals surface area contributed by atoms with Crippen LogP contribution < -0.4 is 5.32 Å². The average molecular weight is 225 g/mol. The van der Waals surface area contributed by atoms with Crippen LogP contribution in [0.25, 0.3) is 0 Å². The summed E-state index contributed by atoms with van der Waals surface area (Å²) in [6.07, 6.45) is 7.29. The van der Waals surface area contributed by atoms with Crippen LogP contribution in [0.1, 0.15) is 45.4 Å². The maximum Gasteiger partial charge on any atom is 0.313 e. The second-order valence-corrected chi connectivity index (χ2v) is 5.14.